The Labute approximate surface area is 101 Å². The molecule has 4 N–H and O–H groups in total. The van der Waals surface area contributed by atoms with Gasteiger partial charge in [-0.05, 0) is 30.5 Å². The van der Waals surface area contributed by atoms with Crippen molar-refractivity contribution in [1.82, 2.24) is 4.72 Å². The zero-order valence-electron chi connectivity index (χ0n) is 9.33. The molecular weight excluding hydrogens is 240 g/mol. The minimum Gasteiger partial charge on any atom is -0.399 e. The van der Waals surface area contributed by atoms with Gasteiger partial charge in [0.05, 0.1) is 11.4 Å². The molecule has 1 atom stereocenters. The average molecular weight is 256 g/mol. The maximum Gasteiger partial charge on any atom is 0.214 e. The average Bonchev–Trinajstić information content (AvgIpc) is 3.11. The molecule has 1 fully saturated rings. The number of benzene rings is 1. The molecule has 6 heteroatoms. The van der Waals surface area contributed by atoms with E-state index >= 15 is 0 Å². The van der Waals surface area contributed by atoms with Gasteiger partial charge < -0.3 is 10.8 Å². The van der Waals surface area contributed by atoms with E-state index in [0.717, 1.165) is 0 Å². The lowest BCUT2D eigenvalue weighted by Gasteiger charge is -2.12. The highest BCUT2D eigenvalue weighted by atomic mass is 32.2. The Hall–Kier alpha value is -1.11. The van der Waals surface area contributed by atoms with Crippen LogP contribution in [-0.2, 0) is 10.0 Å². The second-order valence-corrected chi connectivity index (χ2v) is 6.32. The van der Waals surface area contributed by atoms with Crippen molar-refractivity contribution in [2.45, 2.75) is 24.2 Å². The van der Waals surface area contributed by atoms with Crippen molar-refractivity contribution in [1.29, 1.82) is 0 Å². The van der Waals surface area contributed by atoms with E-state index in [2.05, 4.69) is 4.72 Å². The summed E-state index contributed by atoms with van der Waals surface area (Å²) in [6.07, 6.45) is 0.588. The number of nitrogens with two attached hydrogens (primary N) is 1. The normalized spacial score (nSPS) is 17.9. The molecule has 1 aromatic carbocycles. The Balaban J connectivity index is 1.93. The van der Waals surface area contributed by atoms with Crippen molar-refractivity contribution in [2.75, 3.05) is 12.3 Å². The molecule has 0 spiro atoms. The molecule has 1 aliphatic rings. The van der Waals surface area contributed by atoms with E-state index in [1.165, 1.54) is 0 Å². The minimum absolute atomic E-state index is 0.00273. The number of nitrogen functional groups attached to an aromatic ring is 1. The number of anilines is 1. The monoisotopic (exact) mass is 256 g/mol. The van der Waals surface area contributed by atoms with Gasteiger partial charge in [0.1, 0.15) is 0 Å². The lowest BCUT2D eigenvalue weighted by molar-refractivity contribution is 0.182. The van der Waals surface area contributed by atoms with Crippen LogP contribution in [0, 0.1) is 0 Å². The molecule has 0 bridgehead atoms. The SMILES string of the molecule is Nc1ccc(C(O)CNS(=O)(=O)C2CC2)cc1. The van der Waals surface area contributed by atoms with E-state index in [-0.39, 0.29) is 11.8 Å². The van der Waals surface area contributed by atoms with Gasteiger partial charge in [0.2, 0.25) is 10.0 Å². The van der Waals surface area contributed by atoms with E-state index in [1.54, 1.807) is 24.3 Å². The first-order chi connectivity index (χ1) is 7.99. The van der Waals surface area contributed by atoms with Crippen LogP contribution >= 0.6 is 0 Å². The Bertz CT molecular complexity index is 480. The van der Waals surface area contributed by atoms with Gasteiger partial charge in [-0.25, -0.2) is 13.1 Å². The third-order valence-electron chi connectivity index (χ3n) is 2.76. The summed E-state index contributed by atoms with van der Waals surface area (Å²) in [5, 5.41) is 9.55. The smallest absolute Gasteiger partial charge is 0.214 e. The standard InChI is InChI=1S/C11H16N2O3S/c12-9-3-1-8(2-4-9)11(14)7-13-17(15,16)10-5-6-10/h1-4,10-11,13-14H,5-7,12H2. The molecule has 0 saturated heterocycles. The summed E-state index contributed by atoms with van der Waals surface area (Å²) in [5.74, 6) is 0. The summed E-state index contributed by atoms with van der Waals surface area (Å²) in [7, 11) is -3.23. The van der Waals surface area contributed by atoms with Gasteiger partial charge in [-0.2, -0.15) is 0 Å². The van der Waals surface area contributed by atoms with Crippen LogP contribution in [0.15, 0.2) is 24.3 Å². The van der Waals surface area contributed by atoms with E-state index in [4.69, 9.17) is 5.73 Å². The second kappa shape index (κ2) is 4.64. The largest absolute Gasteiger partial charge is 0.399 e. The maximum atomic E-state index is 11.5. The molecule has 94 valence electrons. The van der Waals surface area contributed by atoms with Crippen molar-refractivity contribution >= 4 is 15.7 Å². The van der Waals surface area contributed by atoms with Crippen LogP contribution in [0.2, 0.25) is 0 Å². The Kier molecular flexibility index (Phi) is 3.37. The number of hydrogen-bond acceptors (Lipinski definition) is 4. The summed E-state index contributed by atoms with van der Waals surface area (Å²) in [4.78, 5) is 0. The molecule has 0 aromatic heterocycles. The van der Waals surface area contributed by atoms with E-state index in [9.17, 15) is 13.5 Å². The van der Waals surface area contributed by atoms with Crippen LogP contribution < -0.4 is 10.5 Å². The molecule has 0 amide bonds. The molecule has 5 nitrogen and oxygen atoms in total. The minimum atomic E-state index is -3.23. The first-order valence-corrected chi connectivity index (χ1v) is 7.05. The molecule has 2 rings (SSSR count). The van der Waals surface area contributed by atoms with E-state index < -0.39 is 16.1 Å². The molecule has 1 unspecified atom stereocenters. The van der Waals surface area contributed by atoms with Crippen molar-refractivity contribution in [3.8, 4) is 0 Å². The number of sulfonamides is 1. The summed E-state index contributed by atoms with van der Waals surface area (Å²) in [6, 6.07) is 6.72. The second-order valence-electron chi connectivity index (χ2n) is 4.28. The van der Waals surface area contributed by atoms with Crippen LogP contribution in [0.25, 0.3) is 0 Å². The van der Waals surface area contributed by atoms with Gasteiger partial charge in [0.25, 0.3) is 0 Å². The molecule has 17 heavy (non-hydrogen) atoms. The molecule has 1 aliphatic carbocycles. The van der Waals surface area contributed by atoms with Gasteiger partial charge in [-0.3, -0.25) is 0 Å². The van der Waals surface area contributed by atoms with Crippen molar-refractivity contribution in [3.63, 3.8) is 0 Å². The number of aliphatic hydroxyl groups excluding tert-OH is 1. The van der Waals surface area contributed by atoms with Crippen molar-refractivity contribution < 1.29 is 13.5 Å². The van der Waals surface area contributed by atoms with E-state index in [0.29, 0.717) is 24.1 Å². The number of rotatable bonds is 5. The van der Waals surface area contributed by atoms with Crippen LogP contribution in [0.3, 0.4) is 0 Å². The zero-order chi connectivity index (χ0) is 12.5. The zero-order valence-corrected chi connectivity index (χ0v) is 10.2. The predicted molar refractivity (Wildman–Crippen MR) is 65.8 cm³/mol. The highest BCUT2D eigenvalue weighted by molar-refractivity contribution is 7.90. The van der Waals surface area contributed by atoms with Gasteiger partial charge in [0, 0.05) is 12.2 Å². The fraction of sp³-hybridized carbons (Fsp3) is 0.455. The van der Waals surface area contributed by atoms with Gasteiger partial charge >= 0.3 is 0 Å². The fourth-order valence-electron chi connectivity index (χ4n) is 1.53. The first kappa shape index (κ1) is 12.3. The maximum absolute atomic E-state index is 11.5. The quantitative estimate of drug-likeness (QED) is 0.664. The molecule has 1 saturated carbocycles. The highest BCUT2D eigenvalue weighted by Gasteiger charge is 2.35. The molecule has 0 heterocycles. The number of nitrogens with one attached hydrogen (secondary N) is 1. The van der Waals surface area contributed by atoms with Gasteiger partial charge in [-0.1, -0.05) is 12.1 Å². The third-order valence-corrected chi connectivity index (χ3v) is 4.68. The summed E-state index contributed by atoms with van der Waals surface area (Å²) >= 11 is 0. The lowest BCUT2D eigenvalue weighted by atomic mass is 10.1. The summed E-state index contributed by atoms with van der Waals surface area (Å²) in [6.45, 7) is 0.00273. The highest BCUT2D eigenvalue weighted by Crippen LogP contribution is 2.27. The predicted octanol–water partition coefficient (Wildman–Crippen LogP) is 0.384. The van der Waals surface area contributed by atoms with Crippen LogP contribution in [-0.4, -0.2) is 25.3 Å². The number of aliphatic hydroxyl groups is 1. The summed E-state index contributed by atoms with van der Waals surface area (Å²) in [5.41, 5.74) is 6.79. The Morgan fingerprint density at radius 1 is 1.35 bits per heavy atom. The van der Waals surface area contributed by atoms with Crippen LogP contribution in [0.4, 0.5) is 5.69 Å². The Morgan fingerprint density at radius 3 is 2.47 bits per heavy atom. The Morgan fingerprint density at radius 2 is 1.94 bits per heavy atom. The van der Waals surface area contributed by atoms with Crippen LogP contribution in [0.1, 0.15) is 24.5 Å². The fourth-order valence-corrected chi connectivity index (χ4v) is 2.91. The number of hydrogen-bond donors (Lipinski definition) is 3. The van der Waals surface area contributed by atoms with Crippen molar-refractivity contribution in [2.24, 2.45) is 0 Å². The topological polar surface area (TPSA) is 92.4 Å². The van der Waals surface area contributed by atoms with E-state index in [1.807, 2.05) is 0 Å². The van der Waals surface area contributed by atoms with Gasteiger partial charge in [0.15, 0.2) is 0 Å². The third kappa shape index (κ3) is 3.18. The van der Waals surface area contributed by atoms with Crippen molar-refractivity contribution in [3.05, 3.63) is 29.8 Å². The molecular formula is C11H16N2O3S. The molecule has 0 aliphatic heterocycles. The first-order valence-electron chi connectivity index (χ1n) is 5.51. The lowest BCUT2D eigenvalue weighted by Crippen LogP contribution is -2.31. The molecule has 1 aromatic rings. The van der Waals surface area contributed by atoms with Gasteiger partial charge in [-0.15, -0.1) is 0 Å². The van der Waals surface area contributed by atoms with Crippen LogP contribution in [0.5, 0.6) is 0 Å². The summed E-state index contributed by atoms with van der Waals surface area (Å²) < 4.78 is 25.5. The molecule has 0 radical (unpaired) electrons.